The lowest BCUT2D eigenvalue weighted by Crippen LogP contribution is -2.53. The van der Waals surface area contributed by atoms with Crippen molar-refractivity contribution < 1.29 is 19.1 Å². The maximum atomic E-state index is 12.4. The van der Waals surface area contributed by atoms with Gasteiger partial charge < -0.3 is 19.3 Å². The average Bonchev–Trinajstić information content (AvgIpc) is 3.16. The van der Waals surface area contributed by atoms with Gasteiger partial charge in [-0.25, -0.2) is 0 Å². The lowest BCUT2D eigenvalue weighted by molar-refractivity contribution is -0.146. The summed E-state index contributed by atoms with van der Waals surface area (Å²) in [5.74, 6) is 0.780. The molecule has 0 aromatic heterocycles. The van der Waals surface area contributed by atoms with Gasteiger partial charge in [-0.05, 0) is 43.9 Å². The zero-order valence-electron chi connectivity index (χ0n) is 15.0. The molecule has 2 aliphatic heterocycles. The third-order valence-electron chi connectivity index (χ3n) is 4.84. The molecule has 0 saturated carbocycles. The quantitative estimate of drug-likeness (QED) is 0.830. The minimum absolute atomic E-state index is 0.0317. The number of ether oxygens (including phenoxy) is 2. The molecular formula is C19H26N2O4. The van der Waals surface area contributed by atoms with Crippen LogP contribution < -0.4 is 4.74 Å². The standard InChI is InChI=1S/C19H26N2O4/c1-14-5-6-15(2)17(12-14)25-13-18(22)20-7-9-21(10-8-20)19(23)16-4-3-11-24-16/h5-6,12,16H,3-4,7-11,13H2,1-2H3/t16-/m1/s1. The van der Waals surface area contributed by atoms with E-state index in [0.717, 1.165) is 29.7 Å². The summed E-state index contributed by atoms with van der Waals surface area (Å²) in [5.41, 5.74) is 2.12. The fourth-order valence-electron chi connectivity index (χ4n) is 3.25. The lowest BCUT2D eigenvalue weighted by Gasteiger charge is -2.35. The Morgan fingerprint density at radius 2 is 1.88 bits per heavy atom. The molecular weight excluding hydrogens is 320 g/mol. The third kappa shape index (κ3) is 4.31. The van der Waals surface area contributed by atoms with Crippen molar-refractivity contribution >= 4 is 11.8 Å². The molecule has 2 amide bonds. The van der Waals surface area contributed by atoms with Gasteiger partial charge in [0.15, 0.2) is 6.61 Å². The Morgan fingerprint density at radius 1 is 1.16 bits per heavy atom. The van der Waals surface area contributed by atoms with Crippen molar-refractivity contribution in [3.05, 3.63) is 29.3 Å². The number of amides is 2. The Hall–Kier alpha value is -2.08. The third-order valence-corrected chi connectivity index (χ3v) is 4.84. The molecule has 2 heterocycles. The van der Waals surface area contributed by atoms with Gasteiger partial charge in [-0.3, -0.25) is 9.59 Å². The molecule has 0 aliphatic carbocycles. The molecule has 3 rings (SSSR count). The summed E-state index contributed by atoms with van der Waals surface area (Å²) in [5, 5.41) is 0. The first kappa shape index (κ1) is 17.7. The normalized spacial score (nSPS) is 20.6. The molecule has 6 heteroatoms. The van der Waals surface area contributed by atoms with Gasteiger partial charge >= 0.3 is 0 Å². The largest absolute Gasteiger partial charge is 0.483 e. The summed E-state index contributed by atoms with van der Waals surface area (Å²) in [6.07, 6.45) is 1.47. The van der Waals surface area contributed by atoms with Crippen molar-refractivity contribution in [1.82, 2.24) is 9.80 Å². The van der Waals surface area contributed by atoms with E-state index in [1.165, 1.54) is 0 Å². The van der Waals surface area contributed by atoms with Gasteiger partial charge in [-0.15, -0.1) is 0 Å². The van der Waals surface area contributed by atoms with Crippen molar-refractivity contribution in [3.8, 4) is 5.75 Å². The van der Waals surface area contributed by atoms with Gasteiger partial charge in [0.05, 0.1) is 0 Å². The molecule has 0 radical (unpaired) electrons. The number of nitrogens with zero attached hydrogens (tertiary/aromatic N) is 2. The van der Waals surface area contributed by atoms with Crippen LogP contribution in [0.1, 0.15) is 24.0 Å². The first-order valence-corrected chi connectivity index (χ1v) is 8.93. The molecule has 1 aromatic carbocycles. The van der Waals surface area contributed by atoms with E-state index in [4.69, 9.17) is 9.47 Å². The van der Waals surface area contributed by atoms with Crippen molar-refractivity contribution in [2.75, 3.05) is 39.4 Å². The van der Waals surface area contributed by atoms with Gasteiger partial charge in [0.2, 0.25) is 0 Å². The van der Waals surface area contributed by atoms with Crippen molar-refractivity contribution in [2.45, 2.75) is 32.8 Å². The highest BCUT2D eigenvalue weighted by atomic mass is 16.5. The van der Waals surface area contributed by atoms with E-state index in [1.807, 2.05) is 36.9 Å². The van der Waals surface area contributed by atoms with Gasteiger partial charge in [0, 0.05) is 32.8 Å². The van der Waals surface area contributed by atoms with Crippen molar-refractivity contribution in [2.24, 2.45) is 0 Å². The van der Waals surface area contributed by atoms with Crippen molar-refractivity contribution in [3.63, 3.8) is 0 Å². The fourth-order valence-corrected chi connectivity index (χ4v) is 3.25. The van der Waals surface area contributed by atoms with E-state index in [9.17, 15) is 9.59 Å². The zero-order chi connectivity index (χ0) is 17.8. The highest BCUT2D eigenvalue weighted by molar-refractivity contribution is 5.82. The number of aryl methyl sites for hydroxylation is 2. The molecule has 0 spiro atoms. The van der Waals surface area contributed by atoms with Crippen LogP contribution in [0.3, 0.4) is 0 Å². The monoisotopic (exact) mass is 346 g/mol. The highest BCUT2D eigenvalue weighted by Crippen LogP contribution is 2.19. The van der Waals surface area contributed by atoms with E-state index in [2.05, 4.69) is 0 Å². The first-order chi connectivity index (χ1) is 12.0. The van der Waals surface area contributed by atoms with Gasteiger partial charge in [-0.1, -0.05) is 12.1 Å². The highest BCUT2D eigenvalue weighted by Gasteiger charge is 2.31. The molecule has 0 N–H and O–H groups in total. The van der Waals surface area contributed by atoms with E-state index in [1.54, 1.807) is 4.90 Å². The van der Waals surface area contributed by atoms with Gasteiger partial charge in [-0.2, -0.15) is 0 Å². The number of hydrogen-bond acceptors (Lipinski definition) is 4. The lowest BCUT2D eigenvalue weighted by atomic mass is 10.1. The van der Waals surface area contributed by atoms with Crippen LogP contribution in [0.15, 0.2) is 18.2 Å². The number of benzene rings is 1. The Kier molecular flexibility index (Phi) is 5.58. The number of hydrogen-bond donors (Lipinski definition) is 0. The van der Waals surface area contributed by atoms with Crippen LogP contribution in [0.2, 0.25) is 0 Å². The molecule has 136 valence electrons. The fraction of sp³-hybridized carbons (Fsp3) is 0.579. The second-order valence-corrected chi connectivity index (χ2v) is 6.77. The van der Waals surface area contributed by atoms with Crippen LogP contribution in [-0.4, -0.2) is 67.1 Å². The molecule has 25 heavy (non-hydrogen) atoms. The number of carbonyl (C=O) groups excluding carboxylic acids is 2. The molecule has 1 aromatic rings. The summed E-state index contributed by atoms with van der Waals surface area (Å²) in [7, 11) is 0. The topological polar surface area (TPSA) is 59.1 Å². The van der Waals surface area contributed by atoms with Crippen LogP contribution in [-0.2, 0) is 14.3 Å². The predicted molar refractivity (Wildman–Crippen MR) is 93.5 cm³/mol. The van der Waals surface area contributed by atoms with E-state index < -0.39 is 0 Å². The molecule has 2 saturated heterocycles. The molecule has 6 nitrogen and oxygen atoms in total. The molecule has 2 aliphatic rings. The number of rotatable bonds is 4. The summed E-state index contributed by atoms with van der Waals surface area (Å²) in [4.78, 5) is 28.3. The summed E-state index contributed by atoms with van der Waals surface area (Å²) >= 11 is 0. The van der Waals surface area contributed by atoms with Gasteiger partial charge in [0.1, 0.15) is 11.9 Å². The summed E-state index contributed by atoms with van der Waals surface area (Å²) < 4.78 is 11.2. The SMILES string of the molecule is Cc1ccc(C)c(OCC(=O)N2CCN(C(=O)[C@H]3CCCO3)CC2)c1. The molecule has 1 atom stereocenters. The average molecular weight is 346 g/mol. The molecule has 2 fully saturated rings. The maximum Gasteiger partial charge on any atom is 0.260 e. The summed E-state index contributed by atoms with van der Waals surface area (Å²) in [6.45, 7) is 6.89. The van der Waals surface area contributed by atoms with Gasteiger partial charge in [0.25, 0.3) is 11.8 Å². The Balaban J connectivity index is 1.46. The van der Waals surface area contributed by atoms with E-state index in [-0.39, 0.29) is 24.5 Å². The summed E-state index contributed by atoms with van der Waals surface area (Å²) in [6, 6.07) is 5.96. The van der Waals surface area contributed by atoms with Crippen LogP contribution >= 0.6 is 0 Å². The minimum Gasteiger partial charge on any atom is -0.483 e. The second kappa shape index (κ2) is 7.87. The van der Waals surface area contributed by atoms with Crippen molar-refractivity contribution in [1.29, 1.82) is 0 Å². The van der Waals surface area contributed by atoms with E-state index in [0.29, 0.717) is 32.8 Å². The van der Waals surface area contributed by atoms with Crippen LogP contribution in [0.25, 0.3) is 0 Å². The van der Waals surface area contributed by atoms with Crippen LogP contribution in [0.5, 0.6) is 5.75 Å². The molecule has 0 unspecified atom stereocenters. The van der Waals surface area contributed by atoms with Crippen LogP contribution in [0, 0.1) is 13.8 Å². The first-order valence-electron chi connectivity index (χ1n) is 8.93. The predicted octanol–water partition coefficient (Wildman–Crippen LogP) is 1.53. The number of carbonyl (C=O) groups is 2. The smallest absolute Gasteiger partial charge is 0.260 e. The minimum atomic E-state index is -0.283. The van der Waals surface area contributed by atoms with Crippen LogP contribution in [0.4, 0.5) is 0 Å². The maximum absolute atomic E-state index is 12.4. The van der Waals surface area contributed by atoms with E-state index >= 15 is 0 Å². The zero-order valence-corrected chi connectivity index (χ0v) is 15.0. The molecule has 0 bridgehead atoms. The Morgan fingerprint density at radius 3 is 2.56 bits per heavy atom. The second-order valence-electron chi connectivity index (χ2n) is 6.77. The Labute approximate surface area is 148 Å². The Bertz CT molecular complexity index is 632. The number of piperazine rings is 1.